The van der Waals surface area contributed by atoms with Crippen molar-refractivity contribution in [3.05, 3.63) is 63.3 Å². The summed E-state index contributed by atoms with van der Waals surface area (Å²) in [5.41, 5.74) is 2.26. The Bertz CT molecular complexity index is 516. The van der Waals surface area contributed by atoms with Crippen LogP contribution in [0.25, 0.3) is 0 Å². The SMILES string of the molecule is C[C@H](NCc1cc(Br)ccc1Cl)c1cccnc1. The molecule has 0 aliphatic rings. The first kappa shape index (κ1) is 13.5. The molecule has 0 spiro atoms. The van der Waals surface area contributed by atoms with E-state index in [2.05, 4.69) is 39.2 Å². The van der Waals surface area contributed by atoms with E-state index in [0.29, 0.717) is 0 Å². The van der Waals surface area contributed by atoms with Gasteiger partial charge in [0, 0.05) is 34.5 Å². The molecule has 0 unspecified atom stereocenters. The smallest absolute Gasteiger partial charge is 0.0451 e. The molecule has 1 N–H and O–H groups in total. The normalized spacial score (nSPS) is 12.4. The van der Waals surface area contributed by atoms with Crippen LogP contribution in [0.3, 0.4) is 0 Å². The van der Waals surface area contributed by atoms with Gasteiger partial charge in [-0.15, -0.1) is 0 Å². The van der Waals surface area contributed by atoms with Crippen molar-refractivity contribution in [3.63, 3.8) is 0 Å². The molecule has 0 aliphatic heterocycles. The van der Waals surface area contributed by atoms with Crippen molar-refractivity contribution in [2.24, 2.45) is 0 Å². The van der Waals surface area contributed by atoms with E-state index in [1.165, 1.54) is 5.56 Å². The lowest BCUT2D eigenvalue weighted by Gasteiger charge is -2.14. The zero-order valence-electron chi connectivity index (χ0n) is 10.0. The van der Waals surface area contributed by atoms with Crippen molar-refractivity contribution in [3.8, 4) is 0 Å². The molecule has 0 saturated carbocycles. The van der Waals surface area contributed by atoms with Crippen LogP contribution in [-0.2, 0) is 6.54 Å². The molecule has 94 valence electrons. The second kappa shape index (κ2) is 6.32. The minimum absolute atomic E-state index is 0.244. The highest BCUT2D eigenvalue weighted by atomic mass is 79.9. The van der Waals surface area contributed by atoms with Crippen LogP contribution in [0.1, 0.15) is 24.1 Å². The van der Waals surface area contributed by atoms with Gasteiger partial charge in [-0.1, -0.05) is 33.6 Å². The highest BCUT2D eigenvalue weighted by Crippen LogP contribution is 2.21. The van der Waals surface area contributed by atoms with E-state index in [4.69, 9.17) is 11.6 Å². The maximum Gasteiger partial charge on any atom is 0.0451 e. The predicted molar refractivity (Wildman–Crippen MR) is 78.6 cm³/mol. The predicted octanol–water partition coefficient (Wildman–Crippen LogP) is 4.35. The molecular weight excluding hydrogens is 312 g/mol. The largest absolute Gasteiger partial charge is 0.306 e. The van der Waals surface area contributed by atoms with Crippen molar-refractivity contribution < 1.29 is 0 Å². The van der Waals surface area contributed by atoms with Gasteiger partial charge >= 0.3 is 0 Å². The number of hydrogen-bond acceptors (Lipinski definition) is 2. The van der Waals surface area contributed by atoms with Crippen molar-refractivity contribution in [2.45, 2.75) is 19.5 Å². The Morgan fingerprint density at radius 1 is 1.39 bits per heavy atom. The van der Waals surface area contributed by atoms with Crippen molar-refractivity contribution in [1.82, 2.24) is 10.3 Å². The molecule has 1 atom stereocenters. The Morgan fingerprint density at radius 3 is 2.94 bits per heavy atom. The number of nitrogens with one attached hydrogen (secondary N) is 1. The van der Waals surface area contributed by atoms with Gasteiger partial charge in [0.15, 0.2) is 0 Å². The highest BCUT2D eigenvalue weighted by molar-refractivity contribution is 9.10. The van der Waals surface area contributed by atoms with Crippen molar-refractivity contribution in [1.29, 1.82) is 0 Å². The molecule has 0 aliphatic carbocycles. The average Bonchev–Trinajstić information content (AvgIpc) is 2.40. The van der Waals surface area contributed by atoms with E-state index in [1.807, 2.05) is 30.5 Å². The third kappa shape index (κ3) is 3.55. The summed E-state index contributed by atoms with van der Waals surface area (Å²) >= 11 is 9.60. The van der Waals surface area contributed by atoms with Crippen molar-refractivity contribution in [2.75, 3.05) is 0 Å². The van der Waals surface area contributed by atoms with Crippen LogP contribution >= 0.6 is 27.5 Å². The first-order valence-electron chi connectivity index (χ1n) is 5.74. The summed E-state index contributed by atoms with van der Waals surface area (Å²) in [6, 6.07) is 10.1. The first-order chi connectivity index (χ1) is 8.66. The molecule has 4 heteroatoms. The third-order valence-corrected chi connectivity index (χ3v) is 3.65. The van der Waals surface area contributed by atoms with E-state index in [-0.39, 0.29) is 6.04 Å². The fraction of sp³-hybridized carbons (Fsp3) is 0.214. The minimum atomic E-state index is 0.244. The van der Waals surface area contributed by atoms with Gasteiger partial charge in [-0.25, -0.2) is 0 Å². The molecule has 2 nitrogen and oxygen atoms in total. The molecule has 1 aromatic carbocycles. The van der Waals surface area contributed by atoms with Crippen LogP contribution < -0.4 is 5.32 Å². The zero-order valence-corrected chi connectivity index (χ0v) is 12.4. The lowest BCUT2D eigenvalue weighted by atomic mass is 10.1. The van der Waals surface area contributed by atoms with Gasteiger partial charge in [0.1, 0.15) is 0 Å². The van der Waals surface area contributed by atoms with Crippen LogP contribution in [-0.4, -0.2) is 4.98 Å². The minimum Gasteiger partial charge on any atom is -0.306 e. The van der Waals surface area contributed by atoms with Gasteiger partial charge in [-0.05, 0) is 42.3 Å². The van der Waals surface area contributed by atoms with E-state index in [0.717, 1.165) is 21.6 Å². The molecule has 2 rings (SSSR count). The summed E-state index contributed by atoms with van der Waals surface area (Å²) < 4.78 is 1.04. The molecule has 0 amide bonds. The van der Waals surface area contributed by atoms with Gasteiger partial charge in [-0.2, -0.15) is 0 Å². The van der Waals surface area contributed by atoms with E-state index < -0.39 is 0 Å². The van der Waals surface area contributed by atoms with Gasteiger partial charge in [0.05, 0.1) is 0 Å². The molecule has 18 heavy (non-hydrogen) atoms. The zero-order chi connectivity index (χ0) is 13.0. The standard InChI is InChI=1S/C14H14BrClN2/c1-10(11-3-2-6-17-8-11)18-9-12-7-13(15)4-5-14(12)16/h2-8,10,18H,9H2,1H3/t10-/m0/s1. The lowest BCUT2D eigenvalue weighted by Crippen LogP contribution is -2.18. The quantitative estimate of drug-likeness (QED) is 0.904. The van der Waals surface area contributed by atoms with Crippen LogP contribution in [0.2, 0.25) is 5.02 Å². The van der Waals surface area contributed by atoms with Crippen LogP contribution in [0, 0.1) is 0 Å². The number of halogens is 2. The number of aromatic nitrogens is 1. The van der Waals surface area contributed by atoms with E-state index >= 15 is 0 Å². The maximum absolute atomic E-state index is 6.15. The molecule has 0 fully saturated rings. The summed E-state index contributed by atoms with van der Waals surface area (Å²) in [6.07, 6.45) is 3.65. The van der Waals surface area contributed by atoms with Crippen LogP contribution in [0.4, 0.5) is 0 Å². The van der Waals surface area contributed by atoms with Gasteiger partial charge in [0.25, 0.3) is 0 Å². The molecular formula is C14H14BrClN2. The van der Waals surface area contributed by atoms with Gasteiger partial charge in [-0.3, -0.25) is 4.98 Å². The monoisotopic (exact) mass is 324 g/mol. The Labute approximate surface area is 121 Å². The maximum atomic E-state index is 6.15. The van der Waals surface area contributed by atoms with Crippen molar-refractivity contribution >= 4 is 27.5 Å². The molecule has 1 aromatic heterocycles. The Hall–Kier alpha value is -0.900. The van der Waals surface area contributed by atoms with Crippen LogP contribution in [0.5, 0.6) is 0 Å². The Balaban J connectivity index is 2.01. The topological polar surface area (TPSA) is 24.9 Å². The number of hydrogen-bond donors (Lipinski definition) is 1. The first-order valence-corrected chi connectivity index (χ1v) is 6.91. The Morgan fingerprint density at radius 2 is 2.22 bits per heavy atom. The van der Waals surface area contributed by atoms with E-state index in [1.54, 1.807) is 6.20 Å². The summed E-state index contributed by atoms with van der Waals surface area (Å²) in [4.78, 5) is 4.12. The number of nitrogens with zero attached hydrogens (tertiary/aromatic N) is 1. The molecule has 0 bridgehead atoms. The fourth-order valence-electron chi connectivity index (χ4n) is 1.69. The number of benzene rings is 1. The van der Waals surface area contributed by atoms with Crippen LogP contribution in [0.15, 0.2) is 47.2 Å². The fourth-order valence-corrected chi connectivity index (χ4v) is 2.28. The molecule has 0 radical (unpaired) electrons. The Kier molecular flexibility index (Phi) is 4.75. The summed E-state index contributed by atoms with van der Waals surface area (Å²) in [7, 11) is 0. The van der Waals surface area contributed by atoms with E-state index in [9.17, 15) is 0 Å². The molecule has 1 heterocycles. The highest BCUT2D eigenvalue weighted by Gasteiger charge is 2.06. The van der Waals surface area contributed by atoms with Gasteiger partial charge < -0.3 is 5.32 Å². The molecule has 2 aromatic rings. The lowest BCUT2D eigenvalue weighted by molar-refractivity contribution is 0.573. The second-order valence-corrected chi connectivity index (χ2v) is 5.45. The number of pyridine rings is 1. The summed E-state index contributed by atoms with van der Waals surface area (Å²) in [5, 5.41) is 4.22. The number of rotatable bonds is 4. The van der Waals surface area contributed by atoms with Gasteiger partial charge in [0.2, 0.25) is 0 Å². The summed E-state index contributed by atoms with van der Waals surface area (Å²) in [5.74, 6) is 0. The third-order valence-electron chi connectivity index (χ3n) is 2.79. The average molecular weight is 326 g/mol. The molecule has 0 saturated heterocycles. The summed E-state index contributed by atoms with van der Waals surface area (Å²) in [6.45, 7) is 2.84. The second-order valence-electron chi connectivity index (χ2n) is 4.12.